The standard InChI is InChI=1S/C17H22N4O3S/c1-20-15(11-21-7-9-24-10-8-21)18-19-17(20)25-12-13-3-5-14(6-4-13)16(22)23-2/h3-6H,7-12H2,1-2H3. The second-order valence-corrected chi connectivity index (χ2v) is 6.77. The average molecular weight is 362 g/mol. The molecule has 0 unspecified atom stereocenters. The van der Waals surface area contributed by atoms with Crippen molar-refractivity contribution in [1.82, 2.24) is 19.7 Å². The Morgan fingerprint density at radius 2 is 1.96 bits per heavy atom. The van der Waals surface area contributed by atoms with Gasteiger partial charge in [0, 0.05) is 25.9 Å². The van der Waals surface area contributed by atoms with Crippen molar-refractivity contribution in [2.45, 2.75) is 17.5 Å². The topological polar surface area (TPSA) is 69.5 Å². The Morgan fingerprint density at radius 1 is 1.24 bits per heavy atom. The van der Waals surface area contributed by atoms with Gasteiger partial charge in [0.05, 0.1) is 32.4 Å². The normalized spacial score (nSPS) is 15.3. The Labute approximate surface area is 151 Å². The minimum atomic E-state index is -0.319. The lowest BCUT2D eigenvalue weighted by Gasteiger charge is -2.25. The molecular formula is C17H22N4O3S. The van der Waals surface area contributed by atoms with Crippen molar-refractivity contribution < 1.29 is 14.3 Å². The van der Waals surface area contributed by atoms with Crippen molar-refractivity contribution in [3.63, 3.8) is 0 Å². The van der Waals surface area contributed by atoms with Gasteiger partial charge in [0.1, 0.15) is 5.82 Å². The van der Waals surface area contributed by atoms with Gasteiger partial charge in [-0.1, -0.05) is 23.9 Å². The lowest BCUT2D eigenvalue weighted by molar-refractivity contribution is 0.0326. The summed E-state index contributed by atoms with van der Waals surface area (Å²) < 4.78 is 12.1. The smallest absolute Gasteiger partial charge is 0.337 e. The number of methoxy groups -OCH3 is 1. The van der Waals surface area contributed by atoms with Crippen LogP contribution in [0, 0.1) is 0 Å². The van der Waals surface area contributed by atoms with Gasteiger partial charge >= 0.3 is 5.97 Å². The summed E-state index contributed by atoms with van der Waals surface area (Å²) in [4.78, 5) is 13.8. The Hall–Kier alpha value is -1.90. The molecule has 0 amide bonds. The molecule has 25 heavy (non-hydrogen) atoms. The maximum absolute atomic E-state index is 11.5. The number of morpholine rings is 1. The quantitative estimate of drug-likeness (QED) is 0.572. The summed E-state index contributed by atoms with van der Waals surface area (Å²) in [5.41, 5.74) is 1.68. The van der Waals surface area contributed by atoms with Gasteiger partial charge in [0.25, 0.3) is 0 Å². The van der Waals surface area contributed by atoms with Crippen LogP contribution in [0.2, 0.25) is 0 Å². The van der Waals surface area contributed by atoms with Crippen LogP contribution in [0.1, 0.15) is 21.7 Å². The van der Waals surface area contributed by atoms with Crippen molar-refractivity contribution >= 4 is 17.7 Å². The molecule has 7 nitrogen and oxygen atoms in total. The number of aromatic nitrogens is 3. The van der Waals surface area contributed by atoms with Crippen LogP contribution in [0.15, 0.2) is 29.4 Å². The Kier molecular flexibility index (Phi) is 6.06. The van der Waals surface area contributed by atoms with E-state index < -0.39 is 0 Å². The maximum atomic E-state index is 11.5. The first-order chi connectivity index (χ1) is 12.2. The maximum Gasteiger partial charge on any atom is 0.337 e. The van der Waals surface area contributed by atoms with Gasteiger partial charge in [-0.3, -0.25) is 4.90 Å². The molecule has 1 aromatic carbocycles. The molecule has 1 aromatic heterocycles. The predicted octanol–water partition coefficient (Wildman–Crippen LogP) is 1.73. The zero-order valence-electron chi connectivity index (χ0n) is 14.5. The fraction of sp³-hybridized carbons (Fsp3) is 0.471. The average Bonchev–Trinajstić information content (AvgIpc) is 3.00. The van der Waals surface area contributed by atoms with Crippen molar-refractivity contribution in [1.29, 1.82) is 0 Å². The molecule has 0 radical (unpaired) electrons. The van der Waals surface area contributed by atoms with Crippen LogP contribution in [-0.2, 0) is 28.8 Å². The molecule has 0 bridgehead atoms. The van der Waals surface area contributed by atoms with Crippen LogP contribution in [0.5, 0.6) is 0 Å². The van der Waals surface area contributed by atoms with Gasteiger partial charge in [-0.15, -0.1) is 10.2 Å². The molecule has 0 atom stereocenters. The van der Waals surface area contributed by atoms with Crippen molar-refractivity contribution in [2.75, 3.05) is 33.4 Å². The van der Waals surface area contributed by atoms with E-state index in [1.54, 1.807) is 23.9 Å². The van der Waals surface area contributed by atoms with Gasteiger partial charge in [0.2, 0.25) is 0 Å². The SMILES string of the molecule is COC(=O)c1ccc(CSc2nnc(CN3CCOCC3)n2C)cc1. The monoisotopic (exact) mass is 362 g/mol. The van der Waals surface area contributed by atoms with E-state index in [0.29, 0.717) is 5.56 Å². The molecule has 0 saturated carbocycles. The van der Waals surface area contributed by atoms with Gasteiger partial charge in [-0.2, -0.15) is 0 Å². The lowest BCUT2D eigenvalue weighted by atomic mass is 10.1. The van der Waals surface area contributed by atoms with Crippen molar-refractivity contribution in [3.8, 4) is 0 Å². The number of hydrogen-bond acceptors (Lipinski definition) is 7. The van der Waals surface area contributed by atoms with E-state index in [1.165, 1.54) is 7.11 Å². The highest BCUT2D eigenvalue weighted by atomic mass is 32.2. The zero-order chi connectivity index (χ0) is 17.6. The lowest BCUT2D eigenvalue weighted by Crippen LogP contribution is -2.36. The highest BCUT2D eigenvalue weighted by molar-refractivity contribution is 7.98. The number of ether oxygens (including phenoxy) is 2. The molecule has 0 aliphatic carbocycles. The summed E-state index contributed by atoms with van der Waals surface area (Å²) in [5, 5.41) is 9.51. The van der Waals surface area contributed by atoms with Crippen molar-refractivity contribution in [2.24, 2.45) is 7.05 Å². The van der Waals surface area contributed by atoms with E-state index in [9.17, 15) is 4.79 Å². The summed E-state index contributed by atoms with van der Waals surface area (Å²) in [5.74, 6) is 1.41. The van der Waals surface area contributed by atoms with Gasteiger partial charge < -0.3 is 14.0 Å². The van der Waals surface area contributed by atoms with Crippen LogP contribution in [0.25, 0.3) is 0 Å². The van der Waals surface area contributed by atoms with E-state index in [2.05, 4.69) is 15.1 Å². The molecule has 1 saturated heterocycles. The van der Waals surface area contributed by atoms with E-state index in [-0.39, 0.29) is 5.97 Å². The first kappa shape index (κ1) is 17.9. The molecule has 2 aromatic rings. The summed E-state index contributed by atoms with van der Waals surface area (Å²) in [7, 11) is 3.38. The molecule has 1 aliphatic rings. The number of benzene rings is 1. The fourth-order valence-corrected chi connectivity index (χ4v) is 3.46. The molecule has 1 aliphatic heterocycles. The van der Waals surface area contributed by atoms with Gasteiger partial charge in [-0.25, -0.2) is 4.79 Å². The largest absolute Gasteiger partial charge is 0.465 e. The number of hydrogen-bond donors (Lipinski definition) is 0. The number of carbonyl (C=O) groups is 1. The first-order valence-electron chi connectivity index (χ1n) is 8.16. The molecule has 1 fully saturated rings. The van der Waals surface area contributed by atoms with E-state index in [4.69, 9.17) is 9.47 Å². The minimum Gasteiger partial charge on any atom is -0.465 e. The van der Waals surface area contributed by atoms with E-state index >= 15 is 0 Å². The van der Waals surface area contributed by atoms with Gasteiger partial charge in [-0.05, 0) is 17.7 Å². The van der Waals surface area contributed by atoms with Crippen LogP contribution in [0.4, 0.5) is 0 Å². The Balaban J connectivity index is 1.57. The number of rotatable bonds is 6. The van der Waals surface area contributed by atoms with Gasteiger partial charge in [0.15, 0.2) is 5.16 Å². The molecule has 3 rings (SSSR count). The molecule has 2 heterocycles. The highest BCUT2D eigenvalue weighted by Gasteiger charge is 2.16. The number of thioether (sulfide) groups is 1. The van der Waals surface area contributed by atoms with Crippen LogP contribution in [0.3, 0.4) is 0 Å². The molecule has 8 heteroatoms. The summed E-state index contributed by atoms with van der Waals surface area (Å²) in [6, 6.07) is 7.43. The number of nitrogens with zero attached hydrogens (tertiary/aromatic N) is 4. The van der Waals surface area contributed by atoms with Crippen LogP contribution < -0.4 is 0 Å². The highest BCUT2D eigenvalue weighted by Crippen LogP contribution is 2.22. The van der Waals surface area contributed by atoms with Crippen molar-refractivity contribution in [3.05, 3.63) is 41.2 Å². The third-order valence-electron chi connectivity index (χ3n) is 4.14. The molecule has 0 N–H and O–H groups in total. The fourth-order valence-electron chi connectivity index (χ4n) is 2.57. The van der Waals surface area contributed by atoms with Crippen LogP contribution in [-0.4, -0.2) is 59.0 Å². The third-order valence-corrected chi connectivity index (χ3v) is 5.23. The molecular weight excluding hydrogens is 340 g/mol. The number of carbonyl (C=O) groups excluding carboxylic acids is 1. The summed E-state index contributed by atoms with van der Waals surface area (Å²) in [6.45, 7) is 4.22. The Bertz CT molecular complexity index is 711. The number of esters is 1. The zero-order valence-corrected chi connectivity index (χ0v) is 15.3. The van der Waals surface area contributed by atoms with E-state index in [0.717, 1.165) is 55.1 Å². The third kappa shape index (κ3) is 4.59. The second-order valence-electron chi connectivity index (χ2n) is 5.82. The van der Waals surface area contributed by atoms with Crippen LogP contribution >= 0.6 is 11.8 Å². The Morgan fingerprint density at radius 3 is 2.64 bits per heavy atom. The summed E-state index contributed by atoms with van der Waals surface area (Å²) >= 11 is 1.63. The first-order valence-corrected chi connectivity index (χ1v) is 9.14. The molecule has 0 spiro atoms. The predicted molar refractivity (Wildman–Crippen MR) is 94.4 cm³/mol. The minimum absolute atomic E-state index is 0.319. The molecule has 134 valence electrons. The summed E-state index contributed by atoms with van der Waals surface area (Å²) in [6.07, 6.45) is 0. The van der Waals surface area contributed by atoms with E-state index in [1.807, 2.05) is 23.7 Å². The second kappa shape index (κ2) is 8.46.